The second-order valence-electron chi connectivity index (χ2n) is 6.49. The molecule has 2 aromatic rings. The van der Waals surface area contributed by atoms with Crippen LogP contribution in [0, 0.1) is 6.92 Å². The molecule has 27 heavy (non-hydrogen) atoms. The fourth-order valence-corrected chi connectivity index (χ4v) is 2.97. The molecule has 1 aliphatic rings. The zero-order valence-electron chi connectivity index (χ0n) is 15.7. The van der Waals surface area contributed by atoms with Crippen molar-refractivity contribution in [3.8, 4) is 0 Å². The number of aryl methyl sites for hydroxylation is 1. The summed E-state index contributed by atoms with van der Waals surface area (Å²) in [6.45, 7) is 4.72. The Morgan fingerprint density at radius 3 is 2.26 bits per heavy atom. The molecule has 1 saturated heterocycles. The minimum Gasteiger partial charge on any atom is -0.465 e. The van der Waals surface area contributed by atoms with E-state index in [9.17, 15) is 9.59 Å². The summed E-state index contributed by atoms with van der Waals surface area (Å²) in [5.41, 5.74) is 3.40. The first-order valence-electron chi connectivity index (χ1n) is 8.96. The Labute approximate surface area is 159 Å². The van der Waals surface area contributed by atoms with Crippen LogP contribution in [0.3, 0.4) is 0 Å². The highest BCUT2D eigenvalue weighted by Crippen LogP contribution is 2.21. The SMILES string of the molecule is COC(=O)c1ccc(CN(C(=O)N2CCOCC2)c2ccc(C)cc2)cc1. The number of benzene rings is 2. The van der Waals surface area contributed by atoms with Crippen molar-refractivity contribution in [1.82, 2.24) is 4.90 Å². The molecular formula is C21H24N2O4. The van der Waals surface area contributed by atoms with Gasteiger partial charge in [-0.05, 0) is 36.8 Å². The molecule has 6 heteroatoms. The second kappa shape index (κ2) is 8.68. The van der Waals surface area contributed by atoms with E-state index >= 15 is 0 Å². The number of hydrogen-bond donors (Lipinski definition) is 0. The number of esters is 1. The predicted molar refractivity (Wildman–Crippen MR) is 103 cm³/mol. The molecule has 0 radical (unpaired) electrons. The van der Waals surface area contributed by atoms with Gasteiger partial charge in [0.05, 0.1) is 32.4 Å². The first-order valence-corrected chi connectivity index (χ1v) is 8.96. The molecule has 0 N–H and O–H groups in total. The van der Waals surface area contributed by atoms with E-state index in [1.54, 1.807) is 17.0 Å². The van der Waals surface area contributed by atoms with Crippen LogP contribution in [-0.4, -0.2) is 50.3 Å². The molecule has 0 aliphatic carbocycles. The summed E-state index contributed by atoms with van der Waals surface area (Å²) in [5, 5.41) is 0. The summed E-state index contributed by atoms with van der Waals surface area (Å²) >= 11 is 0. The fourth-order valence-electron chi connectivity index (χ4n) is 2.97. The van der Waals surface area contributed by atoms with Crippen LogP contribution in [0.4, 0.5) is 10.5 Å². The van der Waals surface area contributed by atoms with Crippen molar-refractivity contribution in [2.45, 2.75) is 13.5 Å². The van der Waals surface area contributed by atoms with Gasteiger partial charge < -0.3 is 14.4 Å². The highest BCUT2D eigenvalue weighted by Gasteiger charge is 2.24. The molecular weight excluding hydrogens is 344 g/mol. The molecule has 2 aromatic carbocycles. The molecule has 1 heterocycles. The third-order valence-electron chi connectivity index (χ3n) is 4.57. The third-order valence-corrected chi connectivity index (χ3v) is 4.57. The summed E-state index contributed by atoms with van der Waals surface area (Å²) in [5.74, 6) is -0.374. The van der Waals surface area contributed by atoms with Gasteiger partial charge in [0.2, 0.25) is 0 Å². The maximum absolute atomic E-state index is 13.1. The smallest absolute Gasteiger partial charge is 0.337 e. The van der Waals surface area contributed by atoms with Gasteiger partial charge in [-0.2, -0.15) is 0 Å². The minimum atomic E-state index is -0.374. The Kier molecular flexibility index (Phi) is 6.08. The van der Waals surface area contributed by atoms with Gasteiger partial charge in [-0.15, -0.1) is 0 Å². The zero-order chi connectivity index (χ0) is 19.2. The number of carbonyl (C=O) groups excluding carboxylic acids is 2. The van der Waals surface area contributed by atoms with Crippen molar-refractivity contribution in [2.24, 2.45) is 0 Å². The summed E-state index contributed by atoms with van der Waals surface area (Å²) in [6, 6.07) is 15.0. The number of rotatable bonds is 4. The van der Waals surface area contributed by atoms with Crippen LogP contribution in [0.1, 0.15) is 21.5 Å². The molecule has 0 spiro atoms. The van der Waals surface area contributed by atoms with Gasteiger partial charge in [-0.1, -0.05) is 29.8 Å². The quantitative estimate of drug-likeness (QED) is 0.778. The number of nitrogens with zero attached hydrogens (tertiary/aromatic N) is 2. The Bertz CT molecular complexity index is 781. The highest BCUT2D eigenvalue weighted by molar-refractivity contribution is 5.92. The first-order chi connectivity index (χ1) is 13.1. The molecule has 2 amide bonds. The lowest BCUT2D eigenvalue weighted by Crippen LogP contribution is -2.48. The van der Waals surface area contributed by atoms with Crippen LogP contribution < -0.4 is 4.90 Å². The van der Waals surface area contributed by atoms with Crippen molar-refractivity contribution >= 4 is 17.7 Å². The Hall–Kier alpha value is -2.86. The molecule has 1 aliphatic heterocycles. The van der Waals surface area contributed by atoms with E-state index in [1.807, 2.05) is 48.2 Å². The van der Waals surface area contributed by atoms with Crippen molar-refractivity contribution < 1.29 is 19.1 Å². The van der Waals surface area contributed by atoms with E-state index in [4.69, 9.17) is 9.47 Å². The van der Waals surface area contributed by atoms with E-state index in [2.05, 4.69) is 0 Å². The number of urea groups is 1. The number of anilines is 1. The van der Waals surface area contributed by atoms with E-state index in [1.165, 1.54) is 7.11 Å². The molecule has 0 saturated carbocycles. The van der Waals surface area contributed by atoms with Gasteiger partial charge in [-0.3, -0.25) is 4.90 Å². The minimum absolute atomic E-state index is 0.0424. The van der Waals surface area contributed by atoms with Gasteiger partial charge >= 0.3 is 12.0 Å². The summed E-state index contributed by atoms with van der Waals surface area (Å²) in [6.07, 6.45) is 0. The van der Waals surface area contributed by atoms with Gasteiger partial charge in [0.15, 0.2) is 0 Å². The molecule has 0 aromatic heterocycles. The largest absolute Gasteiger partial charge is 0.465 e. The van der Waals surface area contributed by atoms with Crippen molar-refractivity contribution in [3.63, 3.8) is 0 Å². The predicted octanol–water partition coefficient (Wildman–Crippen LogP) is 3.24. The van der Waals surface area contributed by atoms with Crippen LogP contribution >= 0.6 is 0 Å². The second-order valence-corrected chi connectivity index (χ2v) is 6.49. The Balaban J connectivity index is 1.83. The molecule has 0 unspecified atom stereocenters. The van der Waals surface area contributed by atoms with Gasteiger partial charge in [-0.25, -0.2) is 9.59 Å². The standard InChI is InChI=1S/C21H24N2O4/c1-16-3-9-19(10-4-16)23(21(25)22-11-13-27-14-12-22)15-17-5-7-18(8-6-17)20(24)26-2/h3-10H,11-15H2,1-2H3. The number of amides is 2. The third kappa shape index (κ3) is 4.65. The summed E-state index contributed by atoms with van der Waals surface area (Å²) in [4.78, 5) is 28.3. The monoisotopic (exact) mass is 368 g/mol. The summed E-state index contributed by atoms with van der Waals surface area (Å²) < 4.78 is 10.1. The molecule has 6 nitrogen and oxygen atoms in total. The molecule has 3 rings (SSSR count). The van der Waals surface area contributed by atoms with Crippen molar-refractivity contribution in [1.29, 1.82) is 0 Å². The average molecular weight is 368 g/mol. The van der Waals surface area contributed by atoms with Gasteiger partial charge in [0.25, 0.3) is 0 Å². The zero-order valence-corrected chi connectivity index (χ0v) is 15.7. The Morgan fingerprint density at radius 1 is 1.04 bits per heavy atom. The molecule has 0 atom stereocenters. The van der Waals surface area contributed by atoms with Crippen LogP contribution in [0.5, 0.6) is 0 Å². The normalized spacial score (nSPS) is 13.9. The lowest BCUT2D eigenvalue weighted by Gasteiger charge is -2.33. The van der Waals surface area contributed by atoms with Crippen LogP contribution in [-0.2, 0) is 16.0 Å². The summed E-state index contributed by atoms with van der Waals surface area (Å²) in [7, 11) is 1.36. The number of carbonyl (C=O) groups is 2. The van der Waals surface area contributed by atoms with Crippen molar-refractivity contribution in [3.05, 3.63) is 65.2 Å². The molecule has 142 valence electrons. The van der Waals surface area contributed by atoms with Gasteiger partial charge in [0, 0.05) is 18.8 Å². The van der Waals surface area contributed by atoms with E-state index in [0.29, 0.717) is 38.4 Å². The van der Waals surface area contributed by atoms with Crippen molar-refractivity contribution in [2.75, 3.05) is 38.3 Å². The van der Waals surface area contributed by atoms with E-state index in [-0.39, 0.29) is 12.0 Å². The molecule has 1 fully saturated rings. The van der Waals surface area contributed by atoms with Crippen LogP contribution in [0.15, 0.2) is 48.5 Å². The lowest BCUT2D eigenvalue weighted by atomic mass is 10.1. The first kappa shape index (κ1) is 18.9. The average Bonchev–Trinajstić information content (AvgIpc) is 2.73. The number of ether oxygens (including phenoxy) is 2. The topological polar surface area (TPSA) is 59.1 Å². The Morgan fingerprint density at radius 2 is 1.67 bits per heavy atom. The van der Waals surface area contributed by atoms with E-state index < -0.39 is 0 Å². The van der Waals surface area contributed by atoms with Crippen LogP contribution in [0.25, 0.3) is 0 Å². The maximum atomic E-state index is 13.1. The number of hydrogen-bond acceptors (Lipinski definition) is 4. The van der Waals surface area contributed by atoms with Gasteiger partial charge in [0.1, 0.15) is 0 Å². The van der Waals surface area contributed by atoms with Crippen LogP contribution in [0.2, 0.25) is 0 Å². The maximum Gasteiger partial charge on any atom is 0.337 e. The molecule has 0 bridgehead atoms. The highest BCUT2D eigenvalue weighted by atomic mass is 16.5. The number of methoxy groups -OCH3 is 1. The number of morpholine rings is 1. The fraction of sp³-hybridized carbons (Fsp3) is 0.333. The lowest BCUT2D eigenvalue weighted by molar-refractivity contribution is 0.0548. The van der Waals surface area contributed by atoms with E-state index in [0.717, 1.165) is 16.8 Å².